The van der Waals surface area contributed by atoms with Gasteiger partial charge >= 0.3 is 0 Å². The van der Waals surface area contributed by atoms with Crippen molar-refractivity contribution in [3.05, 3.63) is 54.4 Å². The summed E-state index contributed by atoms with van der Waals surface area (Å²) in [6.45, 7) is 7.02. The first-order valence-corrected chi connectivity index (χ1v) is 10.6. The number of carbonyl (C=O) groups is 2. The lowest BCUT2D eigenvalue weighted by Gasteiger charge is -2.44. The third kappa shape index (κ3) is 4.72. The van der Waals surface area contributed by atoms with Crippen LogP contribution in [0, 0.1) is 10.8 Å². The van der Waals surface area contributed by atoms with E-state index in [9.17, 15) is 9.59 Å². The van der Waals surface area contributed by atoms with Crippen LogP contribution in [0.15, 0.2) is 48.8 Å². The third-order valence-corrected chi connectivity index (χ3v) is 5.85. The fourth-order valence-electron chi connectivity index (χ4n) is 4.44. The average molecular weight is 408 g/mol. The number of amides is 2. The normalized spacial score (nSPS) is 19.4. The fraction of sp³-hybridized carbons (Fsp3) is 0.480. The molecule has 1 saturated heterocycles. The molecule has 30 heavy (non-hydrogen) atoms. The number of rotatable bonds is 4. The van der Waals surface area contributed by atoms with E-state index in [0.29, 0.717) is 13.0 Å². The van der Waals surface area contributed by atoms with E-state index in [-0.39, 0.29) is 11.8 Å². The molecule has 5 nitrogen and oxygen atoms in total. The van der Waals surface area contributed by atoms with Crippen molar-refractivity contribution in [2.24, 2.45) is 10.8 Å². The molecule has 2 heterocycles. The molecule has 0 N–H and O–H groups in total. The zero-order chi connectivity index (χ0) is 21.9. The quantitative estimate of drug-likeness (QED) is 0.769. The summed E-state index contributed by atoms with van der Waals surface area (Å²) in [4.78, 5) is 34.0. The molecule has 1 atom stereocenters. The minimum absolute atomic E-state index is 0.100. The second kappa shape index (κ2) is 8.58. The Balaban J connectivity index is 1.93. The van der Waals surface area contributed by atoms with Crippen LogP contribution in [0.3, 0.4) is 0 Å². The number of benzene rings is 1. The molecule has 1 aliphatic heterocycles. The number of hydrogen-bond donors (Lipinski definition) is 0. The molecule has 2 aromatic rings. The van der Waals surface area contributed by atoms with Gasteiger partial charge in [-0.15, -0.1) is 0 Å². The van der Waals surface area contributed by atoms with Gasteiger partial charge in [0.25, 0.3) is 0 Å². The predicted molar refractivity (Wildman–Crippen MR) is 120 cm³/mol. The van der Waals surface area contributed by atoms with Gasteiger partial charge in [-0.3, -0.25) is 14.6 Å². The van der Waals surface area contributed by atoms with E-state index in [2.05, 4.69) is 23.2 Å². The highest BCUT2D eigenvalue weighted by Gasteiger charge is 2.45. The first-order chi connectivity index (χ1) is 14.1. The second-order valence-electron chi connectivity index (χ2n) is 9.67. The van der Waals surface area contributed by atoms with E-state index in [0.717, 1.165) is 36.1 Å². The molecule has 0 radical (unpaired) electrons. The van der Waals surface area contributed by atoms with Gasteiger partial charge in [-0.05, 0) is 48.1 Å². The summed E-state index contributed by atoms with van der Waals surface area (Å²) in [6, 6.07) is 12.3. The van der Waals surface area contributed by atoms with Crippen LogP contribution in [-0.2, 0) is 16.0 Å². The third-order valence-electron chi connectivity index (χ3n) is 5.85. The van der Waals surface area contributed by atoms with Crippen LogP contribution in [0.2, 0.25) is 0 Å². The number of nitrogens with zero attached hydrogens (tertiary/aromatic N) is 3. The SMILES string of the molecule is CN(C)C(=O)C1(Cc2cccc(-c3ccncc3)c2)CCCN(C(=O)C(C)(C)C)C1. The summed E-state index contributed by atoms with van der Waals surface area (Å²) in [7, 11) is 3.62. The summed E-state index contributed by atoms with van der Waals surface area (Å²) < 4.78 is 0. The lowest BCUT2D eigenvalue weighted by atomic mass is 9.73. The highest BCUT2D eigenvalue weighted by atomic mass is 16.2. The number of likely N-dealkylation sites (tertiary alicyclic amines) is 1. The van der Waals surface area contributed by atoms with Crippen molar-refractivity contribution in [1.82, 2.24) is 14.8 Å². The van der Waals surface area contributed by atoms with Crippen LogP contribution >= 0.6 is 0 Å². The van der Waals surface area contributed by atoms with Crippen LogP contribution in [0.1, 0.15) is 39.2 Å². The van der Waals surface area contributed by atoms with E-state index in [1.54, 1.807) is 17.3 Å². The number of aromatic nitrogens is 1. The van der Waals surface area contributed by atoms with Gasteiger partial charge in [0.1, 0.15) is 0 Å². The van der Waals surface area contributed by atoms with Crippen molar-refractivity contribution in [2.45, 2.75) is 40.0 Å². The summed E-state index contributed by atoms with van der Waals surface area (Å²) >= 11 is 0. The minimum atomic E-state index is -0.598. The molecule has 0 bridgehead atoms. The van der Waals surface area contributed by atoms with Crippen LogP contribution < -0.4 is 0 Å². The van der Waals surface area contributed by atoms with Crippen molar-refractivity contribution >= 4 is 11.8 Å². The molecule has 1 fully saturated rings. The molecule has 0 saturated carbocycles. The predicted octanol–water partition coefficient (Wildman–Crippen LogP) is 4.03. The fourth-order valence-corrected chi connectivity index (χ4v) is 4.44. The Morgan fingerprint density at radius 3 is 2.43 bits per heavy atom. The standard InChI is InChI=1S/C25H33N3O2/c1-24(2,3)22(29)28-15-7-12-25(18-28,23(30)27(4)5)17-19-8-6-9-21(16-19)20-10-13-26-14-11-20/h6,8-11,13-14,16H,7,12,15,17-18H2,1-5H3. The minimum Gasteiger partial charge on any atom is -0.348 e. The van der Waals surface area contributed by atoms with Gasteiger partial charge < -0.3 is 9.80 Å². The van der Waals surface area contributed by atoms with Gasteiger partial charge in [0, 0.05) is 45.0 Å². The maximum Gasteiger partial charge on any atom is 0.230 e. The van der Waals surface area contributed by atoms with Crippen molar-refractivity contribution in [3.63, 3.8) is 0 Å². The van der Waals surface area contributed by atoms with Gasteiger partial charge in [0.2, 0.25) is 11.8 Å². The molecule has 0 spiro atoms. The van der Waals surface area contributed by atoms with Gasteiger partial charge in [-0.25, -0.2) is 0 Å². The maximum absolute atomic E-state index is 13.4. The van der Waals surface area contributed by atoms with E-state index >= 15 is 0 Å². The molecule has 1 aliphatic rings. The molecule has 1 unspecified atom stereocenters. The summed E-state index contributed by atoms with van der Waals surface area (Å²) in [6.07, 6.45) is 5.83. The largest absolute Gasteiger partial charge is 0.348 e. The molecule has 1 aromatic heterocycles. The molecule has 1 aromatic carbocycles. The molecule has 2 amide bonds. The Hall–Kier alpha value is -2.69. The highest BCUT2D eigenvalue weighted by Crippen LogP contribution is 2.37. The van der Waals surface area contributed by atoms with Crippen LogP contribution in [0.4, 0.5) is 0 Å². The van der Waals surface area contributed by atoms with Crippen molar-refractivity contribution in [2.75, 3.05) is 27.2 Å². The van der Waals surface area contributed by atoms with Crippen LogP contribution in [0.5, 0.6) is 0 Å². The van der Waals surface area contributed by atoms with Crippen LogP contribution in [0.25, 0.3) is 11.1 Å². The monoisotopic (exact) mass is 407 g/mol. The number of pyridine rings is 1. The topological polar surface area (TPSA) is 53.5 Å². The Labute approximate surface area is 180 Å². The van der Waals surface area contributed by atoms with Crippen molar-refractivity contribution in [3.8, 4) is 11.1 Å². The summed E-state index contributed by atoms with van der Waals surface area (Å²) in [5.74, 6) is 0.215. The van der Waals surface area contributed by atoms with E-state index in [1.165, 1.54) is 0 Å². The smallest absolute Gasteiger partial charge is 0.230 e. The zero-order valence-corrected chi connectivity index (χ0v) is 18.8. The van der Waals surface area contributed by atoms with Crippen molar-refractivity contribution in [1.29, 1.82) is 0 Å². The molecular formula is C25H33N3O2. The maximum atomic E-state index is 13.4. The molecular weight excluding hydrogens is 374 g/mol. The Bertz CT molecular complexity index is 902. The Kier molecular flexibility index (Phi) is 6.30. The summed E-state index contributed by atoms with van der Waals surface area (Å²) in [5.41, 5.74) is 2.28. The van der Waals surface area contributed by atoms with E-state index in [4.69, 9.17) is 0 Å². The van der Waals surface area contributed by atoms with E-state index in [1.807, 2.05) is 58.0 Å². The van der Waals surface area contributed by atoms with Gasteiger partial charge in [0.15, 0.2) is 0 Å². The second-order valence-corrected chi connectivity index (χ2v) is 9.67. The molecule has 160 valence electrons. The van der Waals surface area contributed by atoms with Crippen molar-refractivity contribution < 1.29 is 9.59 Å². The summed E-state index contributed by atoms with van der Waals surface area (Å²) in [5, 5.41) is 0. The lowest BCUT2D eigenvalue weighted by Crippen LogP contribution is -2.55. The van der Waals surface area contributed by atoms with Gasteiger partial charge in [0.05, 0.1) is 5.41 Å². The lowest BCUT2D eigenvalue weighted by molar-refractivity contribution is -0.150. The number of carbonyl (C=O) groups excluding carboxylic acids is 2. The van der Waals surface area contributed by atoms with Gasteiger partial charge in [-0.1, -0.05) is 45.0 Å². The molecule has 3 rings (SSSR count). The Morgan fingerprint density at radius 1 is 1.10 bits per heavy atom. The average Bonchev–Trinajstić information content (AvgIpc) is 2.73. The molecule has 0 aliphatic carbocycles. The number of hydrogen-bond acceptors (Lipinski definition) is 3. The Morgan fingerprint density at radius 2 is 1.80 bits per heavy atom. The molecule has 5 heteroatoms. The van der Waals surface area contributed by atoms with Gasteiger partial charge in [-0.2, -0.15) is 0 Å². The highest BCUT2D eigenvalue weighted by molar-refractivity contribution is 5.86. The number of piperidine rings is 1. The van der Waals surface area contributed by atoms with E-state index < -0.39 is 10.8 Å². The first kappa shape index (κ1) is 22.0. The van der Waals surface area contributed by atoms with Crippen LogP contribution in [-0.4, -0.2) is 53.8 Å². The first-order valence-electron chi connectivity index (χ1n) is 10.6. The zero-order valence-electron chi connectivity index (χ0n) is 18.8.